The van der Waals surface area contributed by atoms with E-state index in [0.29, 0.717) is 19.5 Å². The Hall–Kier alpha value is -2.47. The van der Waals surface area contributed by atoms with Crippen LogP contribution in [0.4, 0.5) is 5.69 Å². The first-order valence-electron chi connectivity index (χ1n) is 9.13. The standard InChI is InChI=1S/C20H23N3O3/c1-13(23-11-14-5-3-9-20(14,12-23)19(25)26)18(24)22-17-8-2-7-16-15(17)6-4-10-21-16/h2,4,6-8,10,13-14H,3,5,9,11-12H2,1H3,(H,22,24)(H,25,26)/t13?,14-,20+/m0/s1. The molecule has 1 aliphatic heterocycles. The summed E-state index contributed by atoms with van der Waals surface area (Å²) in [5.41, 5.74) is 0.899. The molecule has 1 saturated carbocycles. The Kier molecular flexibility index (Phi) is 4.15. The number of aromatic nitrogens is 1. The highest BCUT2D eigenvalue weighted by Gasteiger charge is 2.55. The van der Waals surface area contributed by atoms with Crippen molar-refractivity contribution in [3.8, 4) is 0 Å². The summed E-state index contributed by atoms with van der Waals surface area (Å²) in [5.74, 6) is -0.672. The van der Waals surface area contributed by atoms with Crippen molar-refractivity contribution >= 4 is 28.5 Å². The lowest BCUT2D eigenvalue weighted by Gasteiger charge is -2.26. The molecule has 1 aliphatic carbocycles. The van der Waals surface area contributed by atoms with Crippen LogP contribution in [0.25, 0.3) is 10.9 Å². The number of hydrogen-bond acceptors (Lipinski definition) is 4. The summed E-state index contributed by atoms with van der Waals surface area (Å²) < 4.78 is 0. The maximum Gasteiger partial charge on any atom is 0.311 e. The van der Waals surface area contributed by atoms with E-state index in [0.717, 1.165) is 29.4 Å². The fourth-order valence-electron chi connectivity index (χ4n) is 4.59. The predicted molar refractivity (Wildman–Crippen MR) is 98.8 cm³/mol. The molecule has 2 fully saturated rings. The number of hydrogen-bond donors (Lipinski definition) is 2. The second kappa shape index (κ2) is 6.36. The van der Waals surface area contributed by atoms with Crippen molar-refractivity contribution < 1.29 is 14.7 Å². The number of anilines is 1. The molecule has 6 nitrogen and oxygen atoms in total. The highest BCUT2D eigenvalue weighted by molar-refractivity contribution is 6.02. The van der Waals surface area contributed by atoms with E-state index in [1.165, 1.54) is 0 Å². The Balaban J connectivity index is 1.51. The molecular weight excluding hydrogens is 330 g/mol. The number of pyridine rings is 1. The van der Waals surface area contributed by atoms with E-state index < -0.39 is 11.4 Å². The van der Waals surface area contributed by atoms with Crippen molar-refractivity contribution in [2.24, 2.45) is 11.3 Å². The van der Waals surface area contributed by atoms with Gasteiger partial charge in [-0.2, -0.15) is 0 Å². The molecule has 2 aliphatic rings. The first-order valence-corrected chi connectivity index (χ1v) is 9.13. The van der Waals surface area contributed by atoms with Crippen LogP contribution in [-0.2, 0) is 9.59 Å². The van der Waals surface area contributed by atoms with Crippen molar-refractivity contribution in [1.82, 2.24) is 9.88 Å². The van der Waals surface area contributed by atoms with E-state index >= 15 is 0 Å². The van der Waals surface area contributed by atoms with Crippen LogP contribution in [0, 0.1) is 11.3 Å². The van der Waals surface area contributed by atoms with Gasteiger partial charge < -0.3 is 10.4 Å². The van der Waals surface area contributed by atoms with Gasteiger partial charge in [0.05, 0.1) is 22.7 Å². The third-order valence-corrected chi connectivity index (χ3v) is 6.15. The SMILES string of the molecule is CC(C(=O)Nc1cccc2ncccc12)N1C[C@@H]2CCC[C@@]2(C(=O)O)C1. The minimum Gasteiger partial charge on any atom is -0.481 e. The maximum absolute atomic E-state index is 12.8. The zero-order chi connectivity index (χ0) is 18.3. The molecule has 6 heteroatoms. The fraction of sp³-hybridized carbons (Fsp3) is 0.450. The molecule has 2 aromatic rings. The van der Waals surface area contributed by atoms with E-state index in [2.05, 4.69) is 10.3 Å². The van der Waals surface area contributed by atoms with Gasteiger partial charge in [0.25, 0.3) is 0 Å². The van der Waals surface area contributed by atoms with Gasteiger partial charge in [-0.25, -0.2) is 0 Å². The normalized spacial score (nSPS) is 26.6. The Bertz CT molecular complexity index is 863. The van der Waals surface area contributed by atoms with E-state index in [9.17, 15) is 14.7 Å². The third-order valence-electron chi connectivity index (χ3n) is 6.15. The number of carboxylic acids is 1. The Morgan fingerprint density at radius 2 is 2.19 bits per heavy atom. The molecule has 1 saturated heterocycles. The first-order chi connectivity index (χ1) is 12.5. The summed E-state index contributed by atoms with van der Waals surface area (Å²) >= 11 is 0. The lowest BCUT2D eigenvalue weighted by molar-refractivity contribution is -0.149. The number of carbonyl (C=O) groups excluding carboxylic acids is 1. The van der Waals surface area contributed by atoms with Crippen molar-refractivity contribution in [3.05, 3.63) is 36.5 Å². The zero-order valence-electron chi connectivity index (χ0n) is 14.8. The van der Waals surface area contributed by atoms with Gasteiger partial charge in [0.1, 0.15) is 0 Å². The van der Waals surface area contributed by atoms with Gasteiger partial charge in [0.15, 0.2) is 0 Å². The molecule has 1 aromatic carbocycles. The summed E-state index contributed by atoms with van der Waals surface area (Å²) in [6.07, 6.45) is 4.35. The zero-order valence-corrected chi connectivity index (χ0v) is 14.8. The molecular formula is C20H23N3O3. The quantitative estimate of drug-likeness (QED) is 0.883. The van der Waals surface area contributed by atoms with Gasteiger partial charge >= 0.3 is 5.97 Å². The largest absolute Gasteiger partial charge is 0.481 e. The van der Waals surface area contributed by atoms with Crippen LogP contribution in [0.5, 0.6) is 0 Å². The highest BCUT2D eigenvalue weighted by atomic mass is 16.4. The molecule has 1 aromatic heterocycles. The van der Waals surface area contributed by atoms with Crippen LogP contribution in [0.2, 0.25) is 0 Å². The second-order valence-corrected chi connectivity index (χ2v) is 7.52. The van der Waals surface area contributed by atoms with E-state index in [1.807, 2.05) is 42.2 Å². The minimum atomic E-state index is -0.713. The summed E-state index contributed by atoms with van der Waals surface area (Å²) in [7, 11) is 0. The topological polar surface area (TPSA) is 82.5 Å². The van der Waals surface area contributed by atoms with Gasteiger partial charge in [-0.1, -0.05) is 12.5 Å². The van der Waals surface area contributed by atoms with Crippen LogP contribution >= 0.6 is 0 Å². The molecule has 0 radical (unpaired) electrons. The smallest absolute Gasteiger partial charge is 0.311 e. The van der Waals surface area contributed by atoms with Crippen LogP contribution < -0.4 is 5.32 Å². The van der Waals surface area contributed by atoms with Gasteiger partial charge in [-0.05, 0) is 49.9 Å². The number of likely N-dealkylation sites (tertiary alicyclic amines) is 1. The number of carboxylic acid groups (broad SMARTS) is 1. The summed E-state index contributed by atoms with van der Waals surface area (Å²) in [4.78, 5) is 31.0. The molecule has 1 amide bonds. The third kappa shape index (κ3) is 2.65. The van der Waals surface area contributed by atoms with E-state index in [1.54, 1.807) is 6.20 Å². The van der Waals surface area contributed by atoms with Crippen LogP contribution in [0.15, 0.2) is 36.5 Å². The van der Waals surface area contributed by atoms with Crippen LogP contribution in [-0.4, -0.2) is 46.0 Å². The molecule has 3 atom stereocenters. The molecule has 26 heavy (non-hydrogen) atoms. The molecule has 2 heterocycles. The minimum absolute atomic E-state index is 0.109. The van der Waals surface area contributed by atoms with Gasteiger partial charge in [0, 0.05) is 24.7 Å². The highest BCUT2D eigenvalue weighted by Crippen LogP contribution is 2.49. The van der Waals surface area contributed by atoms with Crippen LogP contribution in [0.3, 0.4) is 0 Å². The first kappa shape index (κ1) is 17.0. The van der Waals surface area contributed by atoms with E-state index in [-0.39, 0.29) is 17.9 Å². The number of fused-ring (bicyclic) bond motifs is 2. The van der Waals surface area contributed by atoms with Gasteiger partial charge in [-0.3, -0.25) is 19.5 Å². The molecule has 2 N–H and O–H groups in total. The van der Waals surface area contributed by atoms with Crippen molar-refractivity contribution in [1.29, 1.82) is 0 Å². The average Bonchev–Trinajstić information content (AvgIpc) is 3.20. The Labute approximate surface area is 152 Å². The summed E-state index contributed by atoms with van der Waals surface area (Å²) in [5, 5.41) is 13.6. The molecule has 4 rings (SSSR count). The summed E-state index contributed by atoms with van der Waals surface area (Å²) in [6.45, 7) is 2.99. The molecule has 0 spiro atoms. The monoisotopic (exact) mass is 353 g/mol. The summed E-state index contributed by atoms with van der Waals surface area (Å²) in [6, 6.07) is 9.06. The number of carbonyl (C=O) groups is 2. The van der Waals surface area contributed by atoms with Crippen LogP contribution in [0.1, 0.15) is 26.2 Å². The maximum atomic E-state index is 12.8. The lowest BCUT2D eigenvalue weighted by atomic mass is 9.81. The number of nitrogens with one attached hydrogen (secondary N) is 1. The number of rotatable bonds is 4. The average molecular weight is 353 g/mol. The van der Waals surface area contributed by atoms with Gasteiger partial charge in [-0.15, -0.1) is 0 Å². The Morgan fingerprint density at radius 1 is 1.35 bits per heavy atom. The number of aliphatic carboxylic acids is 1. The fourth-order valence-corrected chi connectivity index (χ4v) is 4.59. The lowest BCUT2D eigenvalue weighted by Crippen LogP contribution is -2.43. The molecule has 1 unspecified atom stereocenters. The Morgan fingerprint density at radius 3 is 2.96 bits per heavy atom. The number of benzene rings is 1. The second-order valence-electron chi connectivity index (χ2n) is 7.52. The number of amides is 1. The van der Waals surface area contributed by atoms with Crippen molar-refractivity contribution in [2.75, 3.05) is 18.4 Å². The van der Waals surface area contributed by atoms with Crippen molar-refractivity contribution in [2.45, 2.75) is 32.2 Å². The molecule has 136 valence electrons. The molecule has 0 bridgehead atoms. The number of nitrogens with zero attached hydrogens (tertiary/aromatic N) is 2. The van der Waals surface area contributed by atoms with E-state index in [4.69, 9.17) is 0 Å². The predicted octanol–water partition coefficient (Wildman–Crippen LogP) is 2.75. The van der Waals surface area contributed by atoms with Crippen molar-refractivity contribution in [3.63, 3.8) is 0 Å². The van der Waals surface area contributed by atoms with Gasteiger partial charge in [0.2, 0.25) is 5.91 Å².